The van der Waals surface area contributed by atoms with Crippen LogP contribution in [0.3, 0.4) is 0 Å². The molecule has 6 bridgehead atoms. The van der Waals surface area contributed by atoms with E-state index in [1.165, 1.54) is 0 Å². The SMILES string of the molecule is O[SiH]1[Si]2(O)O[Si]3(O)[Si](O)(O)[Si]4(O)O[Si]1(O)[Si](O)(O)[Si](O)(O[Si](O)([Si]3(O)O)[Si]4(O)O)[SiH]2O. The van der Waals surface area contributed by atoms with Crippen molar-refractivity contribution in [3.05, 3.63) is 0 Å². The molecule has 31 heteroatoms. The molecular formula is H18O19Si12. The van der Waals surface area contributed by atoms with Crippen LogP contribution in [0, 0.1) is 0 Å². The average molecular weight is 659 g/mol. The molecule has 0 radical (unpaired) electrons. The minimum atomic E-state index is -6.54. The first-order valence-electron chi connectivity index (χ1n) is 8.03. The zero-order chi connectivity index (χ0) is 24.3. The Morgan fingerprint density at radius 2 is 0.645 bits per heavy atom. The van der Waals surface area contributed by atoms with Crippen molar-refractivity contribution in [2.75, 3.05) is 0 Å². The third-order valence-electron chi connectivity index (χ3n) is 6.28. The average Bonchev–Trinajstić information content (AvgIpc) is 2.61. The first-order valence-corrected chi connectivity index (χ1v) is 43.0. The first-order chi connectivity index (χ1) is 13.4. The Morgan fingerprint density at radius 3 is 0.935 bits per heavy atom. The van der Waals surface area contributed by atoms with Crippen molar-refractivity contribution in [3.63, 3.8) is 0 Å². The summed E-state index contributed by atoms with van der Waals surface area (Å²) in [5.74, 6) is 0. The first kappa shape index (κ1) is 25.9. The molecule has 0 amide bonds. The highest BCUT2D eigenvalue weighted by Crippen LogP contribution is 2.53. The van der Waals surface area contributed by atoms with Crippen molar-refractivity contribution in [3.8, 4) is 0 Å². The van der Waals surface area contributed by atoms with Crippen molar-refractivity contribution in [1.29, 1.82) is 0 Å². The summed E-state index contributed by atoms with van der Waals surface area (Å²) in [5, 5.41) is 0. The molecule has 0 aromatic carbocycles. The fraction of sp³-hybridized carbons (Fsp3) is 0. The second-order valence-electron chi connectivity index (χ2n) is 7.88. The van der Waals surface area contributed by atoms with Gasteiger partial charge in [0.15, 0.2) is 0 Å². The molecule has 5 aliphatic heterocycles. The summed E-state index contributed by atoms with van der Waals surface area (Å²) >= 11 is 0. The molecule has 5 fully saturated rings. The molecule has 0 aromatic rings. The lowest BCUT2D eigenvalue weighted by Gasteiger charge is -2.67. The summed E-state index contributed by atoms with van der Waals surface area (Å²) in [6, 6.07) is 0. The Labute approximate surface area is 180 Å². The molecule has 0 saturated carbocycles. The maximum absolute atomic E-state index is 11.0. The molecule has 5 saturated heterocycles. The van der Waals surface area contributed by atoms with Gasteiger partial charge in [-0.2, -0.15) is 0 Å². The molecule has 5 heterocycles. The minimum absolute atomic E-state index is 4.81. The quantitative estimate of drug-likeness (QED) is 0.107. The number of rotatable bonds is 0. The van der Waals surface area contributed by atoms with E-state index in [9.17, 15) is 76.7 Å². The predicted octanol–water partition coefficient (Wildman–Crippen LogP) is -14.2. The Kier molecular flexibility index (Phi) is 5.05. The van der Waals surface area contributed by atoms with E-state index >= 15 is 0 Å². The van der Waals surface area contributed by atoms with E-state index in [4.69, 9.17) is 12.3 Å². The molecule has 0 spiro atoms. The van der Waals surface area contributed by atoms with Crippen LogP contribution in [0.5, 0.6) is 0 Å². The van der Waals surface area contributed by atoms with E-state index in [0.717, 1.165) is 0 Å². The minimum Gasteiger partial charge on any atom is -0.431 e. The number of hydrogen-bond acceptors (Lipinski definition) is 19. The van der Waals surface area contributed by atoms with Crippen molar-refractivity contribution in [1.82, 2.24) is 0 Å². The maximum atomic E-state index is 11.0. The highest BCUT2D eigenvalue weighted by Gasteiger charge is 3.11. The van der Waals surface area contributed by atoms with Crippen LogP contribution in [-0.4, -0.2) is 169 Å². The lowest BCUT2D eigenvalue weighted by molar-refractivity contribution is 0.219. The topological polar surface area (TPSA) is 351 Å². The van der Waals surface area contributed by atoms with Crippen LogP contribution in [-0.2, 0) is 12.3 Å². The molecule has 19 nitrogen and oxygen atoms in total. The molecule has 0 aromatic heterocycles. The fourth-order valence-corrected chi connectivity index (χ4v) is 312. The fourth-order valence-electron chi connectivity index (χ4n) is 4.25. The van der Waals surface area contributed by atoms with Gasteiger partial charge in [0.1, 0.15) is 0 Å². The molecule has 31 heavy (non-hydrogen) atoms. The lowest BCUT2D eigenvalue weighted by atomic mass is 15.7. The number of hydrogen-bond donors (Lipinski definition) is 16. The summed E-state index contributed by atoms with van der Waals surface area (Å²) in [4.78, 5) is 173. The van der Waals surface area contributed by atoms with E-state index in [0.29, 0.717) is 0 Å². The summed E-state index contributed by atoms with van der Waals surface area (Å²) in [5.41, 5.74) is 0. The van der Waals surface area contributed by atoms with Crippen LogP contribution in [0.15, 0.2) is 0 Å². The summed E-state index contributed by atoms with van der Waals surface area (Å²) in [6.07, 6.45) is 0. The molecule has 6 atom stereocenters. The van der Waals surface area contributed by atoms with E-state index in [1.807, 2.05) is 0 Å². The highest BCUT2D eigenvalue weighted by molar-refractivity contribution is 8.10. The highest BCUT2D eigenvalue weighted by atomic mass is 30.3. The molecule has 180 valence electrons. The van der Waals surface area contributed by atoms with Crippen molar-refractivity contribution < 1.29 is 89.1 Å². The summed E-state index contributed by atoms with van der Waals surface area (Å²) in [7, 11) is -72.8. The van der Waals surface area contributed by atoms with Gasteiger partial charge < -0.3 is 89.1 Å². The largest absolute Gasteiger partial charge is 0.431 e. The third-order valence-corrected chi connectivity index (χ3v) is 174. The van der Waals surface area contributed by atoms with Crippen LogP contribution in [0.1, 0.15) is 0 Å². The van der Waals surface area contributed by atoms with E-state index in [2.05, 4.69) is 0 Å². The molecule has 0 aliphatic carbocycles. The Balaban J connectivity index is 2.27. The smallest absolute Gasteiger partial charge is 0.426 e. The lowest BCUT2D eigenvalue weighted by Crippen LogP contribution is -3.18. The van der Waals surface area contributed by atoms with Crippen LogP contribution in [0.25, 0.3) is 0 Å². The van der Waals surface area contributed by atoms with Gasteiger partial charge in [0.25, 0.3) is 16.2 Å². The van der Waals surface area contributed by atoms with Crippen LogP contribution < -0.4 is 0 Å². The zero-order valence-corrected chi connectivity index (χ0v) is 26.8. The molecule has 5 aliphatic rings. The Bertz CT molecular complexity index is 778. The molecular weight excluding hydrogens is 641 g/mol. The van der Waals surface area contributed by atoms with Crippen LogP contribution in [0.2, 0.25) is 0 Å². The van der Waals surface area contributed by atoms with Crippen molar-refractivity contribution in [2.45, 2.75) is 0 Å². The van der Waals surface area contributed by atoms with Crippen molar-refractivity contribution in [2.24, 2.45) is 0 Å². The van der Waals surface area contributed by atoms with Gasteiger partial charge in [-0.3, -0.25) is 0 Å². The van der Waals surface area contributed by atoms with Gasteiger partial charge in [-0.25, -0.2) is 0 Å². The normalized spacial score (nSPS) is 60.4. The Morgan fingerprint density at radius 1 is 0.387 bits per heavy atom. The predicted molar refractivity (Wildman–Crippen MR) is 111 cm³/mol. The van der Waals surface area contributed by atoms with Gasteiger partial charge >= 0.3 is 76.0 Å². The van der Waals surface area contributed by atoms with Gasteiger partial charge in [-0.15, -0.1) is 0 Å². The maximum Gasteiger partial charge on any atom is 0.426 e. The summed E-state index contributed by atoms with van der Waals surface area (Å²) < 4.78 is 14.5. The van der Waals surface area contributed by atoms with Gasteiger partial charge in [0.2, 0.25) is 0 Å². The van der Waals surface area contributed by atoms with Crippen LogP contribution >= 0.6 is 0 Å². The van der Waals surface area contributed by atoms with Gasteiger partial charge in [-0.1, -0.05) is 0 Å². The molecule has 5 rings (SSSR count). The van der Waals surface area contributed by atoms with Gasteiger partial charge in [0.05, 0.1) is 0 Å². The van der Waals surface area contributed by atoms with E-state index < -0.39 is 92.1 Å². The molecule has 6 unspecified atom stereocenters. The second-order valence-corrected chi connectivity index (χ2v) is 94.3. The van der Waals surface area contributed by atoms with Crippen LogP contribution in [0.4, 0.5) is 0 Å². The van der Waals surface area contributed by atoms with E-state index in [-0.39, 0.29) is 0 Å². The third kappa shape index (κ3) is 2.11. The Hall–Kier alpha value is 1.84. The standard InChI is InChI=1S/H18O19Si12/c1-20-26(11)17-29(14)23(5,6)30(15)18-27(20,12)22(3,4)28(13,21(26)2)19-31(16,24(29,7)8)25(30,9)10/h1-16,20-21H. The second kappa shape index (κ2) is 6.04. The van der Waals surface area contributed by atoms with Gasteiger partial charge in [0, 0.05) is 0 Å². The molecule has 16 N–H and O–H groups in total. The monoisotopic (exact) mass is 658 g/mol. The van der Waals surface area contributed by atoms with Gasteiger partial charge in [-0.05, 0) is 0 Å². The zero-order valence-electron chi connectivity index (χ0n) is 14.5. The van der Waals surface area contributed by atoms with Crippen molar-refractivity contribution >= 4 is 92.1 Å². The summed E-state index contributed by atoms with van der Waals surface area (Å²) in [6.45, 7) is 0. The van der Waals surface area contributed by atoms with E-state index in [1.54, 1.807) is 0 Å².